The topological polar surface area (TPSA) is 231 Å². The number of aliphatic hydroxyl groups excluding tert-OH is 2. The van der Waals surface area contributed by atoms with Crippen LogP contribution in [0.2, 0.25) is 0 Å². The number of carbonyl (C=O) groups is 3. The summed E-state index contributed by atoms with van der Waals surface area (Å²) in [4.78, 5) is 59.2. The third-order valence-corrected chi connectivity index (χ3v) is 23.4. The van der Waals surface area contributed by atoms with Crippen molar-refractivity contribution in [1.29, 1.82) is 0 Å². The van der Waals surface area contributed by atoms with Crippen LogP contribution in [-0.4, -0.2) is 95.9 Å². The van der Waals surface area contributed by atoms with Gasteiger partial charge in [-0.15, -0.1) is 0 Å². The Bertz CT molecular complexity index is 3180. The van der Waals surface area contributed by atoms with E-state index in [0.29, 0.717) is 19.3 Å². The SMILES string of the molecule is CC/C=C\C/C=C\C/C=C\C/C=C\C/C=C\C/C=C\CCCCCCCCCCCCCCC(=O)OCC(COP(=O)(O)OCC(O)COP(=O)(O)OCC(O)COC(=O)CCCCCCCCCCCCCCCCCCCCC/C=C\C/C=C\C/C=C\C/C=C\C/C=C\CC)OC(=O)CCCCCCCCCC/C=C\C/C=C\C/C=C\C/C=C\C/C=C\C/C=C\CC. The quantitative estimate of drug-likeness (QED) is 0.0146. The van der Waals surface area contributed by atoms with Crippen molar-refractivity contribution in [2.24, 2.45) is 0 Å². The van der Waals surface area contributed by atoms with E-state index < -0.39 is 91.5 Å². The summed E-state index contributed by atoms with van der Waals surface area (Å²) in [7, 11) is -9.83. The number of allylic oxidation sites excluding steroid dienone is 34. The lowest BCUT2D eigenvalue weighted by Crippen LogP contribution is -2.30. The van der Waals surface area contributed by atoms with Crippen molar-refractivity contribution in [3.05, 3.63) is 207 Å². The van der Waals surface area contributed by atoms with E-state index in [-0.39, 0.29) is 19.3 Å². The number of rotatable bonds is 96. The molecule has 0 heterocycles. The zero-order valence-electron chi connectivity index (χ0n) is 81.5. The van der Waals surface area contributed by atoms with Gasteiger partial charge in [0.05, 0.1) is 26.4 Å². The van der Waals surface area contributed by atoms with Gasteiger partial charge in [-0.2, -0.15) is 0 Å². The molecule has 5 atom stereocenters. The molecule has 0 aromatic rings. The van der Waals surface area contributed by atoms with Gasteiger partial charge >= 0.3 is 33.6 Å². The van der Waals surface area contributed by atoms with E-state index in [1.54, 1.807) is 0 Å². The Morgan fingerprint density at radius 2 is 0.388 bits per heavy atom. The summed E-state index contributed by atoms with van der Waals surface area (Å²) in [5.41, 5.74) is 0. The number of ether oxygens (including phenoxy) is 3. The number of phosphoric ester groups is 2. The Kier molecular flexibility index (Phi) is 96.5. The standard InChI is InChI=1S/C111H186O16P2/c1-4-7-10-13-16-19-22-25-28-31-34-37-40-43-46-48-50-51-52-53-55-57-59-61-64-67-70-73-76-79-82-85-88-91-94-97-109(114)121-100-106(112)101-123-128(117,118)124-102-107(113)103-125-129(119,120)126-105-108(127-111(116)99-96-93-90-87-84-81-78-75-72-69-66-63-58-45-42-39-36-33-30-27-24-21-18-15-12-9-6-3)104-122-110(115)98-95-92-89-86-83-80-77-74-71-68-65-62-60-56-54-49-47-44-41-38-35-32-29-26-23-20-17-14-11-8-5-2/h7-12,16-21,25-30,34-39,43-47,54,56,58,66,69,106-108,112-113H,4-6,13-15,22-24,31-33,40-42,48-53,55,57,59-65,67-68,70-105H2,1-3H3,(H,117,118)(H,119,120)/b10-7-,11-8-,12-9-,19-16-,20-17-,21-18-,28-25-,29-26-,30-27-,37-34-,38-35-,39-36-,46-43-,47-44-,56-54-,58-45-,69-66-. The fourth-order valence-electron chi connectivity index (χ4n) is 13.8. The van der Waals surface area contributed by atoms with E-state index in [4.69, 9.17) is 32.3 Å². The minimum Gasteiger partial charge on any atom is -0.463 e. The summed E-state index contributed by atoms with van der Waals surface area (Å²) in [5, 5.41) is 20.8. The molecule has 16 nitrogen and oxygen atoms in total. The van der Waals surface area contributed by atoms with Crippen LogP contribution in [0.25, 0.3) is 0 Å². The van der Waals surface area contributed by atoms with Gasteiger partial charge in [-0.1, -0.05) is 439 Å². The normalized spacial score (nSPS) is 14.5. The van der Waals surface area contributed by atoms with E-state index in [0.717, 1.165) is 212 Å². The van der Waals surface area contributed by atoms with E-state index in [9.17, 15) is 43.5 Å². The van der Waals surface area contributed by atoms with Crippen molar-refractivity contribution < 1.29 is 75.8 Å². The van der Waals surface area contributed by atoms with E-state index in [2.05, 4.69) is 227 Å². The highest BCUT2D eigenvalue weighted by Crippen LogP contribution is 2.45. The molecule has 0 aliphatic rings. The van der Waals surface area contributed by atoms with Crippen LogP contribution in [0.15, 0.2) is 207 Å². The minimum absolute atomic E-state index is 0.0879. The second kappa shape index (κ2) is 101. The molecular weight excluding hydrogens is 1650 g/mol. The Balaban J connectivity index is 4.61. The van der Waals surface area contributed by atoms with Crippen molar-refractivity contribution in [2.45, 2.75) is 437 Å². The summed E-state index contributed by atoms with van der Waals surface area (Å²) in [6, 6.07) is 0. The zero-order chi connectivity index (χ0) is 93.5. The molecule has 0 bridgehead atoms. The highest BCUT2D eigenvalue weighted by atomic mass is 31.2. The average Bonchev–Trinajstić information content (AvgIpc) is 0.898. The molecule has 0 saturated carbocycles. The first-order chi connectivity index (χ1) is 63.2. The predicted octanol–water partition coefficient (Wildman–Crippen LogP) is 32.7. The molecular formula is C111H186O16P2. The van der Waals surface area contributed by atoms with Crippen molar-refractivity contribution >= 4 is 33.6 Å². The number of phosphoric acid groups is 2. The first kappa shape index (κ1) is 123. The lowest BCUT2D eigenvalue weighted by molar-refractivity contribution is -0.161. The lowest BCUT2D eigenvalue weighted by Gasteiger charge is -2.21. The van der Waals surface area contributed by atoms with Gasteiger partial charge in [0.2, 0.25) is 0 Å². The zero-order valence-corrected chi connectivity index (χ0v) is 83.3. The van der Waals surface area contributed by atoms with Gasteiger partial charge in [0.1, 0.15) is 25.4 Å². The molecule has 0 aliphatic carbocycles. The van der Waals surface area contributed by atoms with Crippen LogP contribution in [0.4, 0.5) is 0 Å². The number of hydrogen-bond donors (Lipinski definition) is 4. The van der Waals surface area contributed by atoms with Crippen LogP contribution in [0, 0.1) is 0 Å². The monoisotopic (exact) mass is 1840 g/mol. The van der Waals surface area contributed by atoms with Crippen molar-refractivity contribution in [2.75, 3.05) is 39.6 Å². The maximum Gasteiger partial charge on any atom is 0.472 e. The molecule has 0 rings (SSSR count). The maximum absolute atomic E-state index is 13.1. The lowest BCUT2D eigenvalue weighted by atomic mass is 10.0. The number of aliphatic hydroxyl groups is 2. The number of esters is 3. The van der Waals surface area contributed by atoms with E-state index >= 15 is 0 Å². The Morgan fingerprint density at radius 3 is 0.612 bits per heavy atom. The molecule has 18 heteroatoms. The van der Waals surface area contributed by atoms with E-state index in [1.165, 1.54) is 148 Å². The van der Waals surface area contributed by atoms with Crippen LogP contribution >= 0.6 is 15.6 Å². The molecule has 0 fully saturated rings. The summed E-state index contributed by atoms with van der Waals surface area (Å²) in [6.45, 7) is 2.39. The maximum atomic E-state index is 13.1. The van der Waals surface area contributed by atoms with Crippen LogP contribution < -0.4 is 0 Å². The van der Waals surface area contributed by atoms with Gasteiger partial charge in [0.15, 0.2) is 6.10 Å². The summed E-state index contributed by atoms with van der Waals surface area (Å²) < 4.78 is 61.7. The van der Waals surface area contributed by atoms with Gasteiger partial charge in [-0.25, -0.2) is 9.13 Å². The van der Waals surface area contributed by atoms with Crippen LogP contribution in [-0.2, 0) is 55.8 Å². The van der Waals surface area contributed by atoms with Crippen LogP contribution in [0.3, 0.4) is 0 Å². The summed E-state index contributed by atoms with van der Waals surface area (Å²) >= 11 is 0. The van der Waals surface area contributed by atoms with Crippen LogP contribution in [0.5, 0.6) is 0 Å². The molecule has 0 aromatic heterocycles. The number of unbranched alkanes of at least 4 members (excludes halogenated alkanes) is 39. The fourth-order valence-corrected chi connectivity index (χ4v) is 15.4. The van der Waals surface area contributed by atoms with E-state index in [1.807, 2.05) is 0 Å². The minimum atomic E-state index is -4.95. The molecule has 0 aliphatic heterocycles. The van der Waals surface area contributed by atoms with Gasteiger partial charge in [0, 0.05) is 19.3 Å². The first-order valence-electron chi connectivity index (χ1n) is 51.4. The van der Waals surface area contributed by atoms with Crippen molar-refractivity contribution in [1.82, 2.24) is 0 Å². The molecule has 736 valence electrons. The molecule has 0 aromatic carbocycles. The average molecular weight is 1840 g/mol. The Hall–Kier alpha value is -5.87. The summed E-state index contributed by atoms with van der Waals surface area (Å²) in [5.74, 6) is -1.58. The van der Waals surface area contributed by atoms with Gasteiger partial charge < -0.3 is 34.2 Å². The highest BCUT2D eigenvalue weighted by molar-refractivity contribution is 7.47. The molecule has 129 heavy (non-hydrogen) atoms. The molecule has 0 amide bonds. The largest absolute Gasteiger partial charge is 0.472 e. The molecule has 0 spiro atoms. The second-order valence-electron chi connectivity index (χ2n) is 33.8. The Morgan fingerprint density at radius 1 is 0.217 bits per heavy atom. The van der Waals surface area contributed by atoms with Crippen molar-refractivity contribution in [3.8, 4) is 0 Å². The molecule has 0 saturated heterocycles. The Labute approximate surface area is 788 Å². The fraction of sp³-hybridized carbons (Fsp3) is 0.667. The third-order valence-electron chi connectivity index (χ3n) is 21.5. The van der Waals surface area contributed by atoms with Gasteiger partial charge in [-0.3, -0.25) is 32.5 Å². The third kappa shape index (κ3) is 102. The van der Waals surface area contributed by atoms with Crippen molar-refractivity contribution in [3.63, 3.8) is 0 Å². The van der Waals surface area contributed by atoms with Gasteiger partial charge in [-0.05, 0) is 167 Å². The predicted molar refractivity (Wildman–Crippen MR) is 546 cm³/mol. The molecule has 0 radical (unpaired) electrons. The number of carbonyl (C=O) groups excluding carboxylic acids is 3. The summed E-state index contributed by atoms with van der Waals surface area (Å²) in [6.07, 6.45) is 137. The smallest absolute Gasteiger partial charge is 0.463 e. The first-order valence-corrected chi connectivity index (χ1v) is 54.4. The second-order valence-corrected chi connectivity index (χ2v) is 36.8. The highest BCUT2D eigenvalue weighted by Gasteiger charge is 2.30. The molecule has 4 N–H and O–H groups in total. The van der Waals surface area contributed by atoms with Gasteiger partial charge in [0.25, 0.3) is 0 Å². The number of hydrogen-bond acceptors (Lipinski definition) is 14. The molecule has 5 unspecified atom stereocenters. The van der Waals surface area contributed by atoms with Crippen LogP contribution in [0.1, 0.15) is 419 Å².